The van der Waals surface area contributed by atoms with Crippen LogP contribution in [0.3, 0.4) is 0 Å². The number of nitrogens with zero attached hydrogens (tertiary/aromatic N) is 1. The van der Waals surface area contributed by atoms with Crippen molar-refractivity contribution >= 4 is 10.0 Å². The summed E-state index contributed by atoms with van der Waals surface area (Å²) in [7, 11) is -3.72. The van der Waals surface area contributed by atoms with E-state index in [2.05, 4.69) is 0 Å². The number of rotatable bonds is 1. The van der Waals surface area contributed by atoms with Crippen molar-refractivity contribution in [1.82, 2.24) is 4.31 Å². The third-order valence-electron chi connectivity index (χ3n) is 2.01. The molecular weight excluding hydrogens is 207 g/mol. The first-order valence-electron chi connectivity index (χ1n) is 3.76. The summed E-state index contributed by atoms with van der Waals surface area (Å²) in [6.07, 6.45) is -3.50. The van der Waals surface area contributed by atoms with Gasteiger partial charge in [-0.25, -0.2) is 8.42 Å². The van der Waals surface area contributed by atoms with Crippen molar-refractivity contribution in [3.05, 3.63) is 0 Å². The van der Waals surface area contributed by atoms with E-state index in [1.165, 1.54) is 0 Å². The summed E-state index contributed by atoms with van der Waals surface area (Å²) in [5, 5.41) is 0. The highest BCUT2D eigenvalue weighted by molar-refractivity contribution is 7.88. The monoisotopic (exact) mass is 217 g/mol. The lowest BCUT2D eigenvalue weighted by Crippen LogP contribution is -2.43. The quantitative estimate of drug-likeness (QED) is 0.656. The molecule has 0 aromatic heterocycles. The van der Waals surface area contributed by atoms with E-state index in [4.69, 9.17) is 0 Å². The summed E-state index contributed by atoms with van der Waals surface area (Å²) < 4.78 is 59.1. The van der Waals surface area contributed by atoms with E-state index >= 15 is 0 Å². The van der Waals surface area contributed by atoms with E-state index in [0.717, 1.165) is 6.26 Å². The first-order valence-corrected chi connectivity index (χ1v) is 5.61. The second kappa shape index (κ2) is 3.13. The van der Waals surface area contributed by atoms with Crippen molar-refractivity contribution in [3.8, 4) is 0 Å². The molecule has 0 aromatic rings. The number of alkyl halides is 3. The topological polar surface area (TPSA) is 37.4 Å². The van der Waals surface area contributed by atoms with Crippen LogP contribution in [0, 0.1) is 0 Å². The standard InChI is InChI=1S/C6H10F3NO2S/c1-13(11,12)10-4-2-3-5(10)6(7,8)9/h5H,2-4H2,1H3. The molecule has 13 heavy (non-hydrogen) atoms. The molecule has 0 aromatic carbocycles. The molecule has 1 heterocycles. The van der Waals surface area contributed by atoms with Gasteiger partial charge in [-0.1, -0.05) is 0 Å². The zero-order chi connectivity index (χ0) is 10.3. The van der Waals surface area contributed by atoms with Crippen LogP contribution >= 0.6 is 0 Å². The van der Waals surface area contributed by atoms with Gasteiger partial charge in [-0.2, -0.15) is 17.5 Å². The minimum absolute atomic E-state index is 0.0248. The number of sulfonamides is 1. The number of halogens is 3. The zero-order valence-corrected chi connectivity index (χ0v) is 7.82. The van der Waals surface area contributed by atoms with Gasteiger partial charge in [0.15, 0.2) is 0 Å². The zero-order valence-electron chi connectivity index (χ0n) is 7.00. The molecular formula is C6H10F3NO2S. The molecule has 0 N–H and O–H groups in total. The maximum atomic E-state index is 12.2. The average Bonchev–Trinajstić information content (AvgIpc) is 2.27. The first kappa shape index (κ1) is 10.8. The smallest absolute Gasteiger partial charge is 0.212 e. The first-order chi connectivity index (χ1) is 5.73. The summed E-state index contributed by atoms with van der Waals surface area (Å²) in [5.41, 5.74) is 0. The van der Waals surface area contributed by atoms with E-state index < -0.39 is 22.2 Å². The minimum Gasteiger partial charge on any atom is -0.212 e. The predicted octanol–water partition coefficient (Wildman–Crippen LogP) is 0.973. The van der Waals surface area contributed by atoms with Crippen LogP contribution in [-0.4, -0.2) is 37.7 Å². The second-order valence-corrected chi connectivity index (χ2v) is 5.01. The van der Waals surface area contributed by atoms with E-state index in [1.54, 1.807) is 0 Å². The summed E-state index contributed by atoms with van der Waals surface area (Å²) in [4.78, 5) is 0. The predicted molar refractivity (Wildman–Crippen MR) is 40.6 cm³/mol. The van der Waals surface area contributed by atoms with E-state index in [9.17, 15) is 21.6 Å². The molecule has 78 valence electrons. The lowest BCUT2D eigenvalue weighted by molar-refractivity contribution is -0.164. The molecule has 1 aliphatic rings. The molecule has 0 bridgehead atoms. The Labute approximate surface area is 74.6 Å². The molecule has 1 fully saturated rings. The van der Waals surface area contributed by atoms with E-state index in [-0.39, 0.29) is 19.4 Å². The molecule has 0 aliphatic carbocycles. The molecule has 0 amide bonds. The van der Waals surface area contributed by atoms with Gasteiger partial charge in [-0.15, -0.1) is 0 Å². The fourth-order valence-electron chi connectivity index (χ4n) is 1.46. The van der Waals surface area contributed by atoms with E-state index in [0.29, 0.717) is 4.31 Å². The van der Waals surface area contributed by atoms with Crippen LogP contribution in [-0.2, 0) is 10.0 Å². The molecule has 1 saturated heterocycles. The van der Waals surface area contributed by atoms with Crippen molar-refractivity contribution < 1.29 is 21.6 Å². The van der Waals surface area contributed by atoms with Crippen LogP contribution in [0.5, 0.6) is 0 Å². The van der Waals surface area contributed by atoms with Gasteiger partial charge in [-0.3, -0.25) is 0 Å². The van der Waals surface area contributed by atoms with Crippen molar-refractivity contribution in [3.63, 3.8) is 0 Å². The highest BCUT2D eigenvalue weighted by Crippen LogP contribution is 2.33. The van der Waals surface area contributed by atoms with Crippen molar-refractivity contribution in [2.24, 2.45) is 0 Å². The van der Waals surface area contributed by atoms with Gasteiger partial charge in [0.2, 0.25) is 10.0 Å². The summed E-state index contributed by atoms with van der Waals surface area (Å²) in [6.45, 7) is -0.0248. The molecule has 0 saturated carbocycles. The fourth-order valence-corrected chi connectivity index (χ4v) is 2.61. The summed E-state index contributed by atoms with van der Waals surface area (Å²) in [6, 6.07) is -1.82. The third kappa shape index (κ3) is 2.34. The number of hydrogen-bond acceptors (Lipinski definition) is 2. The molecule has 3 nitrogen and oxygen atoms in total. The fraction of sp³-hybridized carbons (Fsp3) is 1.00. The van der Waals surface area contributed by atoms with Gasteiger partial charge >= 0.3 is 6.18 Å². The van der Waals surface area contributed by atoms with Gasteiger partial charge in [-0.05, 0) is 12.8 Å². The van der Waals surface area contributed by atoms with Crippen LogP contribution < -0.4 is 0 Å². The molecule has 1 rings (SSSR count). The van der Waals surface area contributed by atoms with Crippen LogP contribution in [0.1, 0.15) is 12.8 Å². The maximum Gasteiger partial charge on any atom is 0.405 e. The van der Waals surface area contributed by atoms with E-state index in [1.807, 2.05) is 0 Å². The molecule has 0 spiro atoms. The molecule has 0 radical (unpaired) electrons. The van der Waals surface area contributed by atoms with Crippen LogP contribution in [0.2, 0.25) is 0 Å². The molecule has 1 unspecified atom stereocenters. The highest BCUT2D eigenvalue weighted by Gasteiger charge is 2.48. The van der Waals surface area contributed by atoms with Crippen molar-refractivity contribution in [1.29, 1.82) is 0 Å². The van der Waals surface area contributed by atoms with Gasteiger partial charge in [0, 0.05) is 6.54 Å². The third-order valence-corrected chi connectivity index (χ3v) is 3.30. The van der Waals surface area contributed by atoms with Crippen LogP contribution in [0.15, 0.2) is 0 Å². The number of hydrogen-bond donors (Lipinski definition) is 0. The maximum absolute atomic E-state index is 12.2. The normalized spacial score (nSPS) is 26.6. The highest BCUT2D eigenvalue weighted by atomic mass is 32.2. The second-order valence-electron chi connectivity index (χ2n) is 3.07. The Morgan fingerprint density at radius 3 is 2.23 bits per heavy atom. The van der Waals surface area contributed by atoms with Gasteiger partial charge in [0.05, 0.1) is 6.26 Å². The van der Waals surface area contributed by atoms with Gasteiger partial charge < -0.3 is 0 Å². The van der Waals surface area contributed by atoms with Crippen molar-refractivity contribution in [2.45, 2.75) is 25.1 Å². The van der Waals surface area contributed by atoms with Gasteiger partial charge in [0.1, 0.15) is 6.04 Å². The largest absolute Gasteiger partial charge is 0.405 e. The Morgan fingerprint density at radius 2 is 1.92 bits per heavy atom. The van der Waals surface area contributed by atoms with Crippen LogP contribution in [0.4, 0.5) is 13.2 Å². The minimum atomic E-state index is -4.44. The Hall–Kier alpha value is -0.300. The van der Waals surface area contributed by atoms with Crippen molar-refractivity contribution in [2.75, 3.05) is 12.8 Å². The lowest BCUT2D eigenvalue weighted by atomic mass is 10.2. The van der Waals surface area contributed by atoms with Crippen LogP contribution in [0.25, 0.3) is 0 Å². The SMILES string of the molecule is CS(=O)(=O)N1CCCC1C(F)(F)F. The Balaban J connectivity index is 2.89. The molecule has 1 aliphatic heterocycles. The Morgan fingerprint density at radius 1 is 1.38 bits per heavy atom. The summed E-state index contributed by atoms with van der Waals surface area (Å²) >= 11 is 0. The Kier molecular flexibility index (Phi) is 2.59. The Bertz CT molecular complexity index is 285. The molecule has 1 atom stereocenters. The average molecular weight is 217 g/mol. The summed E-state index contributed by atoms with van der Waals surface area (Å²) in [5.74, 6) is 0. The lowest BCUT2D eigenvalue weighted by Gasteiger charge is -2.23. The van der Waals surface area contributed by atoms with Gasteiger partial charge in [0.25, 0.3) is 0 Å². The molecule has 7 heteroatoms.